The van der Waals surface area contributed by atoms with E-state index in [4.69, 9.17) is 9.47 Å². The highest BCUT2D eigenvalue weighted by Gasteiger charge is 2.14. The zero-order chi connectivity index (χ0) is 14.3. The van der Waals surface area contributed by atoms with Crippen LogP contribution in [0.1, 0.15) is 50.7 Å². The van der Waals surface area contributed by atoms with Gasteiger partial charge in [-0.3, -0.25) is 0 Å². The van der Waals surface area contributed by atoms with Crippen molar-refractivity contribution in [2.45, 2.75) is 39.5 Å². The summed E-state index contributed by atoms with van der Waals surface area (Å²) in [4.78, 5) is 0. The van der Waals surface area contributed by atoms with Gasteiger partial charge >= 0.3 is 0 Å². The van der Waals surface area contributed by atoms with E-state index in [1.165, 1.54) is 11.1 Å². The molecule has 0 saturated heterocycles. The van der Waals surface area contributed by atoms with Gasteiger partial charge in [-0.05, 0) is 23.0 Å². The molecule has 0 bridgehead atoms. The lowest BCUT2D eigenvalue weighted by atomic mass is 9.94. The molecule has 0 saturated carbocycles. The highest BCUT2D eigenvalue weighted by molar-refractivity contribution is 7.80. The molecule has 2 nitrogen and oxygen atoms in total. The van der Waals surface area contributed by atoms with Gasteiger partial charge in [0, 0.05) is 5.75 Å². The zero-order valence-electron chi connectivity index (χ0n) is 12.5. The molecular weight excluding hydrogens is 256 g/mol. The maximum Gasteiger partial charge on any atom is 0.126 e. The largest absolute Gasteiger partial charge is 0.491 e. The number of rotatable bonds is 8. The standard InChI is InChI=1S/C16H26O2S/c1-12(2)14-6-5-7-15(13(3)4)16(14)18-9-8-17-10-11-19/h5-7,12-13,19H,8-11H2,1-4H3. The molecule has 1 rings (SSSR count). The smallest absolute Gasteiger partial charge is 0.126 e. The summed E-state index contributed by atoms with van der Waals surface area (Å²) in [6, 6.07) is 6.43. The summed E-state index contributed by atoms with van der Waals surface area (Å²) in [6.45, 7) is 10.7. The van der Waals surface area contributed by atoms with Crippen molar-refractivity contribution in [2.24, 2.45) is 0 Å². The van der Waals surface area contributed by atoms with Gasteiger partial charge in [0.25, 0.3) is 0 Å². The van der Waals surface area contributed by atoms with Crippen LogP contribution in [0, 0.1) is 0 Å². The lowest BCUT2D eigenvalue weighted by Gasteiger charge is -2.20. The fourth-order valence-corrected chi connectivity index (χ4v) is 2.15. The minimum absolute atomic E-state index is 0.465. The predicted octanol–water partition coefficient (Wildman–Crippen LogP) is 4.26. The van der Waals surface area contributed by atoms with Crippen molar-refractivity contribution >= 4 is 12.6 Å². The third-order valence-electron chi connectivity index (χ3n) is 3.03. The van der Waals surface area contributed by atoms with Crippen LogP contribution in [0.5, 0.6) is 5.75 Å². The highest BCUT2D eigenvalue weighted by atomic mass is 32.1. The number of ether oxygens (including phenoxy) is 2. The van der Waals surface area contributed by atoms with Gasteiger partial charge in [-0.2, -0.15) is 12.6 Å². The van der Waals surface area contributed by atoms with E-state index in [9.17, 15) is 0 Å². The summed E-state index contributed by atoms with van der Waals surface area (Å²) in [5.41, 5.74) is 2.56. The molecule has 0 aliphatic heterocycles. The SMILES string of the molecule is CC(C)c1cccc(C(C)C)c1OCCOCCS. The molecule has 1 aromatic rings. The predicted molar refractivity (Wildman–Crippen MR) is 84.8 cm³/mol. The fourth-order valence-electron chi connectivity index (χ4n) is 2.02. The first-order chi connectivity index (χ1) is 9.07. The summed E-state index contributed by atoms with van der Waals surface area (Å²) in [7, 11) is 0. The van der Waals surface area contributed by atoms with Crippen molar-refractivity contribution in [3.63, 3.8) is 0 Å². The van der Waals surface area contributed by atoms with Crippen LogP contribution in [0.3, 0.4) is 0 Å². The summed E-state index contributed by atoms with van der Waals surface area (Å²) in [6.07, 6.45) is 0. The first kappa shape index (κ1) is 16.4. The Kier molecular flexibility index (Phi) is 7.32. The average Bonchev–Trinajstić information content (AvgIpc) is 2.38. The second-order valence-corrected chi connectivity index (χ2v) is 5.71. The Bertz CT molecular complexity index is 349. The molecule has 0 aliphatic rings. The van der Waals surface area contributed by atoms with Gasteiger partial charge in [0.05, 0.1) is 13.2 Å². The molecule has 1 aromatic carbocycles. The number of hydrogen-bond donors (Lipinski definition) is 1. The van der Waals surface area contributed by atoms with E-state index in [-0.39, 0.29) is 0 Å². The lowest BCUT2D eigenvalue weighted by Crippen LogP contribution is -2.11. The summed E-state index contributed by atoms with van der Waals surface area (Å²) in [5.74, 6) is 2.72. The molecule has 0 unspecified atom stereocenters. The molecule has 0 atom stereocenters. The van der Waals surface area contributed by atoms with Crippen molar-refractivity contribution in [3.8, 4) is 5.75 Å². The van der Waals surface area contributed by atoms with E-state index < -0.39 is 0 Å². The molecule has 0 amide bonds. The Morgan fingerprint density at radius 2 is 1.53 bits per heavy atom. The van der Waals surface area contributed by atoms with Gasteiger partial charge < -0.3 is 9.47 Å². The van der Waals surface area contributed by atoms with E-state index >= 15 is 0 Å². The van der Waals surface area contributed by atoms with Gasteiger partial charge in [0.2, 0.25) is 0 Å². The Balaban J connectivity index is 2.77. The molecule has 0 N–H and O–H groups in total. The van der Waals surface area contributed by atoms with Crippen LogP contribution < -0.4 is 4.74 Å². The van der Waals surface area contributed by atoms with Crippen LogP contribution in [0.15, 0.2) is 18.2 Å². The molecule has 19 heavy (non-hydrogen) atoms. The van der Waals surface area contributed by atoms with Crippen molar-refractivity contribution in [3.05, 3.63) is 29.3 Å². The molecule has 0 heterocycles. The fraction of sp³-hybridized carbons (Fsp3) is 0.625. The second-order valence-electron chi connectivity index (χ2n) is 5.26. The van der Waals surface area contributed by atoms with E-state index in [2.05, 4.69) is 58.5 Å². The van der Waals surface area contributed by atoms with E-state index in [0.717, 1.165) is 11.5 Å². The molecule has 0 radical (unpaired) electrons. The van der Waals surface area contributed by atoms with E-state index in [1.807, 2.05) is 0 Å². The summed E-state index contributed by atoms with van der Waals surface area (Å²) in [5, 5.41) is 0. The number of thiol groups is 1. The lowest BCUT2D eigenvalue weighted by molar-refractivity contribution is 0.111. The van der Waals surface area contributed by atoms with Gasteiger partial charge in [-0.25, -0.2) is 0 Å². The van der Waals surface area contributed by atoms with Crippen molar-refractivity contribution < 1.29 is 9.47 Å². The third kappa shape index (κ3) is 5.07. The van der Waals surface area contributed by atoms with Gasteiger partial charge in [0.1, 0.15) is 12.4 Å². The van der Waals surface area contributed by atoms with Crippen molar-refractivity contribution in [1.82, 2.24) is 0 Å². The van der Waals surface area contributed by atoms with E-state index in [1.54, 1.807) is 0 Å². The summed E-state index contributed by atoms with van der Waals surface area (Å²) < 4.78 is 11.4. The van der Waals surface area contributed by atoms with Crippen LogP contribution in [-0.2, 0) is 4.74 Å². The maximum atomic E-state index is 5.99. The maximum absolute atomic E-state index is 5.99. The molecule has 108 valence electrons. The zero-order valence-corrected chi connectivity index (χ0v) is 13.4. The monoisotopic (exact) mass is 282 g/mol. The quantitative estimate of drug-likeness (QED) is 0.567. The highest BCUT2D eigenvalue weighted by Crippen LogP contribution is 2.34. The van der Waals surface area contributed by atoms with Crippen LogP contribution in [0.4, 0.5) is 0 Å². The Hall–Kier alpha value is -0.670. The van der Waals surface area contributed by atoms with Crippen molar-refractivity contribution in [1.29, 1.82) is 0 Å². The van der Waals surface area contributed by atoms with Crippen LogP contribution >= 0.6 is 12.6 Å². The number of benzene rings is 1. The minimum atomic E-state index is 0.465. The van der Waals surface area contributed by atoms with Crippen LogP contribution in [0.25, 0.3) is 0 Å². The van der Waals surface area contributed by atoms with Crippen molar-refractivity contribution in [2.75, 3.05) is 25.6 Å². The number of hydrogen-bond acceptors (Lipinski definition) is 3. The molecule has 3 heteroatoms. The molecule has 0 aromatic heterocycles. The molecule has 0 spiro atoms. The van der Waals surface area contributed by atoms with Gasteiger partial charge in [0.15, 0.2) is 0 Å². The van der Waals surface area contributed by atoms with Gasteiger partial charge in [-0.1, -0.05) is 45.9 Å². The number of para-hydroxylation sites is 1. The second kappa shape index (κ2) is 8.49. The topological polar surface area (TPSA) is 18.5 Å². The Morgan fingerprint density at radius 1 is 0.947 bits per heavy atom. The molecular formula is C16H26O2S. The van der Waals surface area contributed by atoms with Gasteiger partial charge in [-0.15, -0.1) is 0 Å². The molecule has 0 aliphatic carbocycles. The van der Waals surface area contributed by atoms with Crippen LogP contribution in [0.2, 0.25) is 0 Å². The minimum Gasteiger partial charge on any atom is -0.491 e. The average molecular weight is 282 g/mol. The summed E-state index contributed by atoms with van der Waals surface area (Å²) >= 11 is 4.11. The Labute approximate surface area is 122 Å². The van der Waals surface area contributed by atoms with Crippen LogP contribution in [-0.4, -0.2) is 25.6 Å². The first-order valence-electron chi connectivity index (χ1n) is 7.02. The molecule has 0 fully saturated rings. The first-order valence-corrected chi connectivity index (χ1v) is 7.65. The Morgan fingerprint density at radius 3 is 2.00 bits per heavy atom. The van der Waals surface area contributed by atoms with E-state index in [0.29, 0.717) is 31.7 Å². The third-order valence-corrected chi connectivity index (χ3v) is 3.21. The normalized spacial score (nSPS) is 11.3.